The number of amides is 1. The van der Waals surface area contributed by atoms with Gasteiger partial charge in [-0.3, -0.25) is 18.7 Å². The van der Waals surface area contributed by atoms with Gasteiger partial charge in [-0.15, -0.1) is 0 Å². The molecule has 0 atom stereocenters. The van der Waals surface area contributed by atoms with E-state index in [-0.39, 0.29) is 53.6 Å². The molecule has 0 radical (unpaired) electrons. The Morgan fingerprint density at radius 3 is 2.53 bits per heavy atom. The molecule has 0 fully saturated rings. The highest BCUT2D eigenvalue weighted by molar-refractivity contribution is 6.34. The molecule has 0 bridgehead atoms. The fraction of sp³-hybridized carbons (Fsp3) is 0.296. The van der Waals surface area contributed by atoms with Crippen molar-refractivity contribution in [3.8, 4) is 0 Å². The summed E-state index contributed by atoms with van der Waals surface area (Å²) >= 11 is 12.4. The Kier molecular flexibility index (Phi) is 9.27. The van der Waals surface area contributed by atoms with Gasteiger partial charge in [-0.25, -0.2) is 27.9 Å². The topological polar surface area (TPSA) is 147 Å². The van der Waals surface area contributed by atoms with Crippen LogP contribution in [-0.4, -0.2) is 76.8 Å². The van der Waals surface area contributed by atoms with Crippen molar-refractivity contribution in [1.82, 2.24) is 43.6 Å². The van der Waals surface area contributed by atoms with Crippen LogP contribution in [0.15, 0.2) is 46.4 Å². The van der Waals surface area contributed by atoms with Gasteiger partial charge in [0.2, 0.25) is 11.9 Å². The molecule has 1 N–H and O–H groups in total. The van der Waals surface area contributed by atoms with Crippen LogP contribution in [0.4, 0.5) is 20.4 Å². The Morgan fingerprint density at radius 2 is 1.84 bits per heavy atom. The molecule has 18 heteroatoms. The highest BCUT2D eigenvalue weighted by Gasteiger charge is 2.19. The lowest BCUT2D eigenvalue weighted by molar-refractivity contribution is -0.131. The Hall–Kier alpha value is -4.67. The van der Waals surface area contributed by atoms with Crippen LogP contribution in [0.5, 0.6) is 0 Å². The molecule has 0 saturated carbocycles. The number of aromatic nitrogens is 8. The molecule has 45 heavy (non-hydrogen) atoms. The second-order valence-corrected chi connectivity index (χ2v) is 10.8. The summed E-state index contributed by atoms with van der Waals surface area (Å²) in [6, 6.07) is 5.19. The number of benzene rings is 2. The first-order valence-electron chi connectivity index (χ1n) is 13.3. The molecule has 1 amide bonds. The SMILES string of the molecule is COCCN(C)C(=O)Cn1cc2cc(Nc3nc(=O)n(Cc4ncn(C)n4)c(=O)n3Cc3cc(F)c(F)c(Cl)c3)c(Cl)cc2n1. The summed E-state index contributed by atoms with van der Waals surface area (Å²) in [5.41, 5.74) is -0.907. The first-order chi connectivity index (χ1) is 21.4. The predicted octanol–water partition coefficient (Wildman–Crippen LogP) is 2.41. The minimum Gasteiger partial charge on any atom is -0.383 e. The Bertz CT molecular complexity index is 2000. The third-order valence-electron chi connectivity index (χ3n) is 6.72. The minimum atomic E-state index is -1.24. The number of ether oxygens (including phenoxy) is 1. The molecule has 3 heterocycles. The zero-order valence-electron chi connectivity index (χ0n) is 24.2. The van der Waals surface area contributed by atoms with Gasteiger partial charge >= 0.3 is 11.4 Å². The Morgan fingerprint density at radius 1 is 1.07 bits per heavy atom. The molecular formula is C27H26Cl2F2N10O4. The number of aryl methyl sites for hydroxylation is 1. The molecule has 0 unspecified atom stereocenters. The van der Waals surface area contributed by atoms with Crippen molar-refractivity contribution < 1.29 is 18.3 Å². The van der Waals surface area contributed by atoms with E-state index in [1.54, 1.807) is 39.5 Å². The third kappa shape index (κ3) is 7.02. The van der Waals surface area contributed by atoms with Crippen LogP contribution >= 0.6 is 23.2 Å². The molecule has 14 nitrogen and oxygen atoms in total. The van der Waals surface area contributed by atoms with Gasteiger partial charge in [0.05, 0.1) is 40.9 Å². The number of hydrogen-bond donors (Lipinski definition) is 1. The lowest BCUT2D eigenvalue weighted by Gasteiger charge is -2.16. The molecule has 0 spiro atoms. The minimum absolute atomic E-state index is 0.0312. The van der Waals surface area contributed by atoms with Crippen LogP contribution in [0.3, 0.4) is 0 Å². The summed E-state index contributed by atoms with van der Waals surface area (Å²) in [5.74, 6) is -2.70. The van der Waals surface area contributed by atoms with E-state index >= 15 is 0 Å². The quantitative estimate of drug-likeness (QED) is 0.211. The number of carbonyl (C=O) groups is 1. The number of nitrogens with one attached hydrogen (secondary N) is 1. The first kappa shape index (κ1) is 31.7. The van der Waals surface area contributed by atoms with E-state index < -0.39 is 28.0 Å². The van der Waals surface area contributed by atoms with Crippen LogP contribution in [-0.2, 0) is 36.2 Å². The molecule has 0 aliphatic heterocycles. The van der Waals surface area contributed by atoms with Gasteiger partial charge in [0.25, 0.3) is 0 Å². The van der Waals surface area contributed by atoms with E-state index in [2.05, 4.69) is 25.5 Å². The third-order valence-corrected chi connectivity index (χ3v) is 7.31. The molecule has 2 aromatic carbocycles. The summed E-state index contributed by atoms with van der Waals surface area (Å²) in [4.78, 5) is 48.9. The van der Waals surface area contributed by atoms with Crippen molar-refractivity contribution in [2.24, 2.45) is 7.05 Å². The van der Waals surface area contributed by atoms with Gasteiger partial charge in [0, 0.05) is 39.3 Å². The highest BCUT2D eigenvalue weighted by Crippen LogP contribution is 2.30. The summed E-state index contributed by atoms with van der Waals surface area (Å²) in [6.07, 6.45) is 3.04. The zero-order chi connectivity index (χ0) is 32.4. The summed E-state index contributed by atoms with van der Waals surface area (Å²) < 4.78 is 37.8. The van der Waals surface area contributed by atoms with E-state index in [1.165, 1.54) is 20.6 Å². The Balaban J connectivity index is 1.52. The second kappa shape index (κ2) is 13.1. The van der Waals surface area contributed by atoms with Crippen LogP contribution in [0.2, 0.25) is 10.0 Å². The van der Waals surface area contributed by atoms with E-state index in [9.17, 15) is 23.2 Å². The van der Waals surface area contributed by atoms with Crippen LogP contribution in [0.25, 0.3) is 10.9 Å². The van der Waals surface area contributed by atoms with Crippen LogP contribution in [0, 0.1) is 11.6 Å². The van der Waals surface area contributed by atoms with Crippen molar-refractivity contribution >= 4 is 51.6 Å². The van der Waals surface area contributed by atoms with Gasteiger partial charge < -0.3 is 15.0 Å². The zero-order valence-corrected chi connectivity index (χ0v) is 25.7. The molecular weight excluding hydrogens is 637 g/mol. The summed E-state index contributed by atoms with van der Waals surface area (Å²) in [6.45, 7) is 0.128. The van der Waals surface area contributed by atoms with E-state index in [4.69, 9.17) is 27.9 Å². The maximum absolute atomic E-state index is 14.2. The number of anilines is 2. The van der Waals surface area contributed by atoms with E-state index in [1.807, 2.05) is 0 Å². The number of hydrogen-bond acceptors (Lipinski definition) is 9. The molecule has 236 valence electrons. The van der Waals surface area contributed by atoms with Gasteiger partial charge in [0.1, 0.15) is 12.9 Å². The maximum atomic E-state index is 14.2. The number of methoxy groups -OCH3 is 1. The average molecular weight is 663 g/mol. The monoisotopic (exact) mass is 662 g/mol. The lowest BCUT2D eigenvalue weighted by Crippen LogP contribution is -2.43. The van der Waals surface area contributed by atoms with Gasteiger partial charge in [-0.05, 0) is 29.8 Å². The molecule has 3 aromatic heterocycles. The van der Waals surface area contributed by atoms with Crippen LogP contribution < -0.4 is 16.7 Å². The van der Waals surface area contributed by atoms with E-state index in [0.717, 1.165) is 21.3 Å². The molecule has 5 aromatic rings. The largest absolute Gasteiger partial charge is 0.383 e. The molecule has 0 aliphatic carbocycles. The second-order valence-electron chi connectivity index (χ2n) is 10.0. The Labute approximate surface area is 263 Å². The number of rotatable bonds is 11. The summed E-state index contributed by atoms with van der Waals surface area (Å²) in [7, 11) is 4.83. The smallest absolute Gasteiger partial charge is 0.355 e. The fourth-order valence-electron chi connectivity index (χ4n) is 4.39. The fourth-order valence-corrected chi connectivity index (χ4v) is 4.82. The lowest BCUT2D eigenvalue weighted by atomic mass is 10.2. The number of likely N-dealkylation sites (N-methyl/N-ethyl adjacent to an activating group) is 1. The molecule has 5 rings (SSSR count). The van der Waals surface area contributed by atoms with Crippen molar-refractivity contribution in [3.63, 3.8) is 0 Å². The molecule has 0 saturated heterocycles. The van der Waals surface area contributed by atoms with Crippen molar-refractivity contribution in [2.45, 2.75) is 19.6 Å². The maximum Gasteiger partial charge on any atom is 0.355 e. The summed E-state index contributed by atoms with van der Waals surface area (Å²) in [5, 5.41) is 11.7. The van der Waals surface area contributed by atoms with Gasteiger partial charge in [-0.1, -0.05) is 23.2 Å². The predicted molar refractivity (Wildman–Crippen MR) is 161 cm³/mol. The highest BCUT2D eigenvalue weighted by atomic mass is 35.5. The number of fused-ring (bicyclic) bond motifs is 1. The van der Waals surface area contributed by atoms with Crippen molar-refractivity contribution in [1.29, 1.82) is 0 Å². The van der Waals surface area contributed by atoms with Crippen LogP contribution in [0.1, 0.15) is 11.4 Å². The van der Waals surface area contributed by atoms with E-state index in [0.29, 0.717) is 24.1 Å². The van der Waals surface area contributed by atoms with Gasteiger partial charge in [-0.2, -0.15) is 15.2 Å². The van der Waals surface area contributed by atoms with Crippen molar-refractivity contribution in [2.75, 3.05) is 32.6 Å². The number of carbonyl (C=O) groups excluding carboxylic acids is 1. The average Bonchev–Trinajstić information content (AvgIpc) is 3.58. The van der Waals surface area contributed by atoms with Gasteiger partial charge in [0.15, 0.2) is 17.5 Å². The normalized spacial score (nSPS) is 11.4. The van der Waals surface area contributed by atoms with Crippen molar-refractivity contribution in [3.05, 3.63) is 90.8 Å². The number of halogens is 4. The standard InChI is InChI=1S/C27H26Cl2F2N10O4/c1-37(4-5-45-3)23(42)13-39-11-16-8-21(17(28)9-20(16)35-39)33-25-34-26(43)41(12-22-32-14-38(2)36-22)27(44)40(25)10-15-6-18(29)24(31)19(30)7-15/h6-9,11,14H,4-5,10,12-13H2,1-3H3,(H,33,34,43). The number of nitrogens with zero attached hydrogens (tertiary/aromatic N) is 9. The molecule has 0 aliphatic rings. The first-order valence-corrected chi connectivity index (χ1v) is 14.0.